The summed E-state index contributed by atoms with van der Waals surface area (Å²) in [7, 11) is 1.62. The lowest BCUT2D eigenvalue weighted by Crippen LogP contribution is -2.40. The summed E-state index contributed by atoms with van der Waals surface area (Å²) >= 11 is 6.35. The van der Waals surface area contributed by atoms with Crippen LogP contribution in [0.4, 0.5) is 19.1 Å². The average molecular weight is 477 g/mol. The zero-order chi connectivity index (χ0) is 23.6. The minimum Gasteiger partial charge on any atom is -0.359 e. The highest BCUT2D eigenvalue weighted by Gasteiger charge is 2.30. The Labute approximate surface area is 193 Å². The number of pyridine rings is 1. The molecule has 1 fully saturated rings. The third-order valence-electron chi connectivity index (χ3n) is 5.58. The van der Waals surface area contributed by atoms with Crippen LogP contribution >= 0.6 is 11.6 Å². The molecule has 0 unspecified atom stereocenters. The third-order valence-corrected chi connectivity index (χ3v) is 5.88. The van der Waals surface area contributed by atoms with Gasteiger partial charge in [-0.1, -0.05) is 23.7 Å². The van der Waals surface area contributed by atoms with Crippen molar-refractivity contribution in [3.63, 3.8) is 0 Å². The molecule has 33 heavy (non-hydrogen) atoms. The maximum Gasteiger partial charge on any atom is 0.416 e. The molecule has 0 saturated carbocycles. The Kier molecular flexibility index (Phi) is 6.46. The number of anilines is 1. The maximum absolute atomic E-state index is 13.0. The third kappa shape index (κ3) is 4.90. The van der Waals surface area contributed by atoms with E-state index in [9.17, 15) is 18.0 Å². The Bertz CT molecular complexity index is 1150. The van der Waals surface area contributed by atoms with Gasteiger partial charge in [-0.05, 0) is 31.0 Å². The molecule has 1 aliphatic heterocycles. The van der Waals surface area contributed by atoms with Gasteiger partial charge in [0.15, 0.2) is 0 Å². The Morgan fingerprint density at radius 1 is 1.09 bits per heavy atom. The highest BCUT2D eigenvalue weighted by molar-refractivity contribution is 6.33. The monoisotopic (exact) mass is 476 g/mol. The van der Waals surface area contributed by atoms with Crippen LogP contribution in [-0.4, -0.2) is 46.2 Å². The van der Waals surface area contributed by atoms with Gasteiger partial charge >= 0.3 is 6.18 Å². The summed E-state index contributed by atoms with van der Waals surface area (Å²) in [4.78, 5) is 22.5. The van der Waals surface area contributed by atoms with Crippen molar-refractivity contribution in [3.8, 4) is 22.5 Å². The molecular weight excluding hydrogens is 457 g/mol. The first-order chi connectivity index (χ1) is 15.8. The summed E-state index contributed by atoms with van der Waals surface area (Å²) in [5.41, 5.74) is 0.904. The molecule has 1 amide bonds. The van der Waals surface area contributed by atoms with Gasteiger partial charge in [0.05, 0.1) is 10.6 Å². The van der Waals surface area contributed by atoms with Crippen LogP contribution in [0.3, 0.4) is 0 Å². The van der Waals surface area contributed by atoms with Crippen molar-refractivity contribution in [2.24, 2.45) is 5.92 Å². The van der Waals surface area contributed by atoms with E-state index in [-0.39, 0.29) is 11.8 Å². The van der Waals surface area contributed by atoms with E-state index in [1.54, 1.807) is 19.3 Å². The van der Waals surface area contributed by atoms with Crippen molar-refractivity contribution in [3.05, 3.63) is 53.3 Å². The molecule has 0 aliphatic carbocycles. The van der Waals surface area contributed by atoms with E-state index in [2.05, 4.69) is 25.5 Å². The quantitative estimate of drug-likeness (QED) is 0.606. The number of rotatable bonds is 4. The van der Waals surface area contributed by atoms with Crippen molar-refractivity contribution in [1.29, 1.82) is 0 Å². The Hall–Kier alpha value is -3.27. The predicted molar refractivity (Wildman–Crippen MR) is 118 cm³/mol. The molecule has 0 bridgehead atoms. The van der Waals surface area contributed by atoms with Gasteiger partial charge in [-0.25, -0.2) is 4.98 Å². The number of halogens is 4. The summed E-state index contributed by atoms with van der Waals surface area (Å²) < 4.78 is 38.9. The first-order valence-corrected chi connectivity index (χ1v) is 10.6. The van der Waals surface area contributed by atoms with E-state index < -0.39 is 11.7 Å². The largest absolute Gasteiger partial charge is 0.416 e. The lowest BCUT2D eigenvalue weighted by molar-refractivity contribution is -0.137. The summed E-state index contributed by atoms with van der Waals surface area (Å²) in [5.74, 6) is 0.305. The fraction of sp³-hybridized carbons (Fsp3) is 0.318. The van der Waals surface area contributed by atoms with E-state index in [1.807, 2.05) is 4.90 Å². The molecule has 0 radical (unpaired) electrons. The maximum atomic E-state index is 13.0. The van der Waals surface area contributed by atoms with Gasteiger partial charge in [0.25, 0.3) is 0 Å². The number of amides is 1. The zero-order valence-corrected chi connectivity index (χ0v) is 18.4. The average Bonchev–Trinajstić information content (AvgIpc) is 2.83. The number of alkyl halides is 3. The molecule has 11 heteroatoms. The summed E-state index contributed by atoms with van der Waals surface area (Å²) in [6.07, 6.45) is -0.132. The normalized spacial score (nSPS) is 14.9. The van der Waals surface area contributed by atoms with Crippen LogP contribution in [0.5, 0.6) is 0 Å². The number of carbonyl (C=O) groups excluding carboxylic acids is 1. The fourth-order valence-electron chi connectivity index (χ4n) is 3.76. The zero-order valence-electron chi connectivity index (χ0n) is 17.6. The van der Waals surface area contributed by atoms with Crippen LogP contribution in [-0.2, 0) is 11.0 Å². The van der Waals surface area contributed by atoms with Crippen LogP contribution < -0.4 is 10.2 Å². The molecule has 3 aromatic rings. The Morgan fingerprint density at radius 3 is 2.39 bits per heavy atom. The molecular formula is C22H20ClF3N6O. The second-order valence-electron chi connectivity index (χ2n) is 7.62. The van der Waals surface area contributed by atoms with Crippen molar-refractivity contribution < 1.29 is 18.0 Å². The second kappa shape index (κ2) is 9.30. The van der Waals surface area contributed by atoms with Gasteiger partial charge in [-0.3, -0.25) is 9.78 Å². The van der Waals surface area contributed by atoms with Gasteiger partial charge in [0.1, 0.15) is 11.4 Å². The Balaban J connectivity index is 1.71. The number of hydrogen-bond donors (Lipinski definition) is 1. The van der Waals surface area contributed by atoms with Crippen molar-refractivity contribution >= 4 is 23.5 Å². The summed E-state index contributed by atoms with van der Waals surface area (Å²) in [5, 5.41) is 11.6. The second-order valence-corrected chi connectivity index (χ2v) is 8.02. The molecule has 1 aromatic carbocycles. The summed E-state index contributed by atoms with van der Waals surface area (Å²) in [6, 6.07) is 6.32. The number of carbonyl (C=O) groups is 1. The highest BCUT2D eigenvalue weighted by Crippen LogP contribution is 2.36. The van der Waals surface area contributed by atoms with E-state index in [4.69, 9.17) is 11.6 Å². The lowest BCUT2D eigenvalue weighted by atomic mass is 9.96. The molecule has 1 aliphatic rings. The molecule has 1 N–H and O–H groups in total. The molecule has 1 saturated heterocycles. The molecule has 3 heterocycles. The number of nitrogens with zero attached hydrogens (tertiary/aromatic N) is 5. The van der Waals surface area contributed by atoms with Crippen LogP contribution in [0.25, 0.3) is 22.5 Å². The van der Waals surface area contributed by atoms with E-state index in [1.165, 1.54) is 18.3 Å². The molecule has 2 aromatic heterocycles. The minimum atomic E-state index is -4.44. The van der Waals surface area contributed by atoms with Crippen molar-refractivity contribution in [2.45, 2.75) is 19.0 Å². The molecule has 0 spiro atoms. The summed E-state index contributed by atoms with van der Waals surface area (Å²) in [6.45, 7) is 1.14. The number of piperidine rings is 1. The molecule has 172 valence electrons. The van der Waals surface area contributed by atoms with Crippen molar-refractivity contribution in [2.75, 3.05) is 25.0 Å². The number of hydrogen-bond acceptors (Lipinski definition) is 6. The molecule has 0 atom stereocenters. The van der Waals surface area contributed by atoms with Crippen LogP contribution in [0, 0.1) is 5.92 Å². The van der Waals surface area contributed by atoms with Gasteiger partial charge < -0.3 is 10.2 Å². The molecule has 4 rings (SSSR count). The minimum absolute atomic E-state index is 0.00982. The van der Waals surface area contributed by atoms with Gasteiger partial charge in [0.2, 0.25) is 11.9 Å². The smallest absolute Gasteiger partial charge is 0.359 e. The fourth-order valence-corrected chi connectivity index (χ4v) is 3.97. The predicted octanol–water partition coefficient (Wildman–Crippen LogP) is 4.24. The standard InChI is InChI=1S/C22H20ClF3N6O/c1-27-20(33)14-7-10-32(11-8-14)21-29-19(16-6-9-28-12-17(16)23)18(30-31-21)13-2-4-15(5-3-13)22(24,25)26/h2-6,9,12,14H,7-8,10-11H2,1H3,(H,27,33). The number of nitrogens with one attached hydrogen (secondary N) is 1. The van der Waals surface area contributed by atoms with Gasteiger partial charge in [0, 0.05) is 49.6 Å². The highest BCUT2D eigenvalue weighted by atomic mass is 35.5. The lowest BCUT2D eigenvalue weighted by Gasteiger charge is -2.31. The van der Waals surface area contributed by atoms with Gasteiger partial charge in [-0.15, -0.1) is 10.2 Å². The van der Waals surface area contributed by atoms with Crippen LogP contribution in [0.1, 0.15) is 18.4 Å². The first kappa shape index (κ1) is 22.9. The van der Waals surface area contributed by atoms with Crippen molar-refractivity contribution in [1.82, 2.24) is 25.5 Å². The van der Waals surface area contributed by atoms with Gasteiger partial charge in [-0.2, -0.15) is 13.2 Å². The first-order valence-electron chi connectivity index (χ1n) is 10.3. The number of aromatic nitrogens is 4. The van der Waals surface area contributed by atoms with Crippen LogP contribution in [0.15, 0.2) is 42.7 Å². The Morgan fingerprint density at radius 2 is 1.79 bits per heavy atom. The SMILES string of the molecule is CNC(=O)C1CCN(c2nnc(-c3ccc(C(F)(F)F)cc3)c(-c3ccncc3Cl)n2)CC1. The van der Waals surface area contributed by atoms with E-state index in [0.29, 0.717) is 59.4 Å². The number of benzene rings is 1. The van der Waals surface area contributed by atoms with E-state index in [0.717, 1.165) is 12.1 Å². The van der Waals surface area contributed by atoms with Crippen LogP contribution in [0.2, 0.25) is 5.02 Å². The topological polar surface area (TPSA) is 83.9 Å². The van der Waals surface area contributed by atoms with E-state index >= 15 is 0 Å². The molecule has 7 nitrogen and oxygen atoms in total.